The molecule has 0 fully saturated rings. The molecule has 1 aromatic carbocycles. The summed E-state index contributed by atoms with van der Waals surface area (Å²) in [5.74, 6) is -1.55. The lowest BCUT2D eigenvalue weighted by atomic mass is 9.89. The highest BCUT2D eigenvalue weighted by atomic mass is 19.1. The second-order valence-corrected chi connectivity index (χ2v) is 5.29. The standard InChI is InChI=1S/C16H21FN2O4/c1-22-7-8-23-6-2-5-18-16(21)13-10-15(20)19-14-9-11(17)3-4-12(13)14/h3-4,9,13H,2,5-8,10H2,1H3,(H,18,21)(H,19,20). The van der Waals surface area contributed by atoms with Gasteiger partial charge in [-0.1, -0.05) is 6.07 Å². The Hall–Kier alpha value is -1.99. The first kappa shape index (κ1) is 17.4. The van der Waals surface area contributed by atoms with Gasteiger partial charge in [-0.15, -0.1) is 0 Å². The predicted molar refractivity (Wildman–Crippen MR) is 82.7 cm³/mol. The smallest absolute Gasteiger partial charge is 0.228 e. The summed E-state index contributed by atoms with van der Waals surface area (Å²) in [6, 6.07) is 4.07. The number of anilines is 1. The van der Waals surface area contributed by atoms with Crippen LogP contribution >= 0.6 is 0 Å². The summed E-state index contributed by atoms with van der Waals surface area (Å²) in [7, 11) is 1.60. The zero-order valence-electron chi connectivity index (χ0n) is 13.1. The molecule has 1 aromatic rings. The Morgan fingerprint density at radius 1 is 1.39 bits per heavy atom. The summed E-state index contributed by atoms with van der Waals surface area (Å²) >= 11 is 0. The van der Waals surface area contributed by atoms with Crippen molar-refractivity contribution in [2.24, 2.45) is 0 Å². The van der Waals surface area contributed by atoms with E-state index in [-0.39, 0.29) is 18.2 Å². The van der Waals surface area contributed by atoms with Crippen molar-refractivity contribution < 1.29 is 23.5 Å². The third kappa shape index (κ3) is 5.01. The van der Waals surface area contributed by atoms with Gasteiger partial charge < -0.3 is 20.1 Å². The van der Waals surface area contributed by atoms with Crippen LogP contribution in [0, 0.1) is 5.82 Å². The molecule has 2 amide bonds. The molecule has 1 aliphatic heterocycles. The minimum absolute atomic E-state index is 0.0643. The van der Waals surface area contributed by atoms with Gasteiger partial charge in [0.05, 0.1) is 19.1 Å². The van der Waals surface area contributed by atoms with E-state index in [1.807, 2.05) is 0 Å². The summed E-state index contributed by atoms with van der Waals surface area (Å²) in [6.07, 6.45) is 0.736. The van der Waals surface area contributed by atoms with Gasteiger partial charge in [0.1, 0.15) is 5.82 Å². The number of carbonyl (C=O) groups excluding carboxylic acids is 2. The van der Waals surface area contributed by atoms with Crippen LogP contribution in [0.5, 0.6) is 0 Å². The minimum atomic E-state index is -0.589. The van der Waals surface area contributed by atoms with Crippen LogP contribution in [0.15, 0.2) is 18.2 Å². The molecule has 0 saturated carbocycles. The van der Waals surface area contributed by atoms with E-state index in [0.717, 1.165) is 0 Å². The summed E-state index contributed by atoms with van der Waals surface area (Å²) in [6.45, 7) is 2.04. The molecule has 0 radical (unpaired) electrons. The van der Waals surface area contributed by atoms with E-state index in [0.29, 0.717) is 44.0 Å². The van der Waals surface area contributed by atoms with E-state index in [9.17, 15) is 14.0 Å². The Kier molecular flexibility index (Phi) is 6.49. The van der Waals surface area contributed by atoms with Crippen molar-refractivity contribution in [2.75, 3.05) is 38.8 Å². The number of rotatable bonds is 8. The van der Waals surface area contributed by atoms with Crippen LogP contribution in [0.25, 0.3) is 0 Å². The fraction of sp³-hybridized carbons (Fsp3) is 0.500. The van der Waals surface area contributed by atoms with Crippen LogP contribution in [0.2, 0.25) is 0 Å². The van der Waals surface area contributed by atoms with E-state index in [1.54, 1.807) is 13.2 Å². The lowest BCUT2D eigenvalue weighted by Gasteiger charge is -2.24. The van der Waals surface area contributed by atoms with E-state index >= 15 is 0 Å². The number of halogens is 1. The average Bonchev–Trinajstić information content (AvgIpc) is 2.52. The van der Waals surface area contributed by atoms with Crippen LogP contribution < -0.4 is 10.6 Å². The lowest BCUT2D eigenvalue weighted by molar-refractivity contribution is -0.126. The molecule has 0 aromatic heterocycles. The number of hydrogen-bond acceptors (Lipinski definition) is 4. The van der Waals surface area contributed by atoms with Crippen molar-refractivity contribution in [3.05, 3.63) is 29.6 Å². The number of hydrogen-bond donors (Lipinski definition) is 2. The normalized spacial score (nSPS) is 16.6. The summed E-state index contributed by atoms with van der Waals surface area (Å²) in [5, 5.41) is 5.39. The maximum Gasteiger partial charge on any atom is 0.228 e. The molecule has 23 heavy (non-hydrogen) atoms. The van der Waals surface area contributed by atoms with E-state index in [4.69, 9.17) is 9.47 Å². The van der Waals surface area contributed by atoms with Crippen molar-refractivity contribution in [1.29, 1.82) is 0 Å². The first-order valence-corrected chi connectivity index (χ1v) is 7.55. The number of methoxy groups -OCH3 is 1. The average molecular weight is 324 g/mol. The largest absolute Gasteiger partial charge is 0.382 e. The van der Waals surface area contributed by atoms with Crippen molar-refractivity contribution in [3.63, 3.8) is 0 Å². The van der Waals surface area contributed by atoms with Gasteiger partial charge >= 0.3 is 0 Å². The molecule has 1 heterocycles. The van der Waals surface area contributed by atoms with Gasteiger partial charge in [-0.25, -0.2) is 4.39 Å². The van der Waals surface area contributed by atoms with Crippen LogP contribution in [0.4, 0.5) is 10.1 Å². The molecule has 2 rings (SSSR count). The second kappa shape index (κ2) is 8.59. The van der Waals surface area contributed by atoms with Crippen molar-refractivity contribution in [1.82, 2.24) is 5.32 Å². The van der Waals surface area contributed by atoms with Gasteiger partial charge in [-0.2, -0.15) is 0 Å². The number of carbonyl (C=O) groups is 2. The first-order valence-electron chi connectivity index (χ1n) is 7.55. The minimum Gasteiger partial charge on any atom is -0.382 e. The topological polar surface area (TPSA) is 76.7 Å². The molecule has 6 nitrogen and oxygen atoms in total. The molecular formula is C16H21FN2O4. The highest BCUT2D eigenvalue weighted by Crippen LogP contribution is 2.32. The molecule has 126 valence electrons. The van der Waals surface area contributed by atoms with Gasteiger partial charge in [0.15, 0.2) is 0 Å². The molecule has 1 unspecified atom stereocenters. The monoisotopic (exact) mass is 324 g/mol. The Morgan fingerprint density at radius 2 is 2.22 bits per heavy atom. The van der Waals surface area contributed by atoms with Crippen LogP contribution in [-0.2, 0) is 19.1 Å². The van der Waals surface area contributed by atoms with Crippen molar-refractivity contribution >= 4 is 17.5 Å². The van der Waals surface area contributed by atoms with Gasteiger partial charge in [-0.3, -0.25) is 9.59 Å². The van der Waals surface area contributed by atoms with Gasteiger partial charge in [0, 0.05) is 32.4 Å². The summed E-state index contributed by atoms with van der Waals surface area (Å²) < 4.78 is 23.4. The molecule has 0 aliphatic carbocycles. The number of ether oxygens (including phenoxy) is 2. The summed E-state index contributed by atoms with van der Waals surface area (Å²) in [4.78, 5) is 24.0. The van der Waals surface area contributed by atoms with Gasteiger partial charge in [-0.05, 0) is 24.1 Å². The Bertz CT molecular complexity index is 565. The number of amides is 2. The maximum atomic E-state index is 13.3. The van der Waals surface area contributed by atoms with Crippen LogP contribution in [-0.4, -0.2) is 45.3 Å². The fourth-order valence-electron chi connectivity index (χ4n) is 2.42. The summed E-state index contributed by atoms with van der Waals surface area (Å²) in [5.41, 5.74) is 1.00. The van der Waals surface area contributed by atoms with E-state index < -0.39 is 11.7 Å². The number of nitrogens with one attached hydrogen (secondary N) is 2. The Morgan fingerprint density at radius 3 is 3.00 bits per heavy atom. The Labute approximate surface area is 134 Å². The van der Waals surface area contributed by atoms with Crippen molar-refractivity contribution in [2.45, 2.75) is 18.8 Å². The highest BCUT2D eigenvalue weighted by molar-refractivity contribution is 6.01. The van der Waals surface area contributed by atoms with E-state index in [1.165, 1.54) is 12.1 Å². The first-order chi connectivity index (χ1) is 11.1. The predicted octanol–water partition coefficient (Wildman–Crippen LogP) is 1.42. The fourth-order valence-corrected chi connectivity index (χ4v) is 2.42. The zero-order valence-corrected chi connectivity index (χ0v) is 13.1. The molecule has 0 bridgehead atoms. The molecule has 7 heteroatoms. The molecule has 1 atom stereocenters. The SMILES string of the molecule is COCCOCCCNC(=O)C1CC(=O)Nc2cc(F)ccc21. The zero-order chi connectivity index (χ0) is 16.7. The maximum absolute atomic E-state index is 13.3. The third-order valence-electron chi connectivity index (χ3n) is 3.57. The quantitative estimate of drug-likeness (QED) is 0.709. The van der Waals surface area contributed by atoms with Crippen molar-refractivity contribution in [3.8, 4) is 0 Å². The van der Waals surface area contributed by atoms with Gasteiger partial charge in [0.2, 0.25) is 11.8 Å². The molecule has 1 aliphatic rings. The van der Waals surface area contributed by atoms with E-state index in [2.05, 4.69) is 10.6 Å². The molecule has 0 saturated heterocycles. The third-order valence-corrected chi connectivity index (χ3v) is 3.57. The van der Waals surface area contributed by atoms with Gasteiger partial charge in [0.25, 0.3) is 0 Å². The number of benzene rings is 1. The highest BCUT2D eigenvalue weighted by Gasteiger charge is 2.30. The number of fused-ring (bicyclic) bond motifs is 1. The van der Waals surface area contributed by atoms with Crippen LogP contribution in [0.3, 0.4) is 0 Å². The second-order valence-electron chi connectivity index (χ2n) is 5.29. The molecule has 2 N–H and O–H groups in total. The Balaban J connectivity index is 1.84. The lowest BCUT2D eigenvalue weighted by Crippen LogP contribution is -2.35. The molecule has 0 spiro atoms. The van der Waals surface area contributed by atoms with Crippen LogP contribution in [0.1, 0.15) is 24.3 Å². The molecular weight excluding hydrogens is 303 g/mol.